The smallest absolute Gasteiger partial charge is 0.222 e. The highest BCUT2D eigenvalue weighted by Crippen LogP contribution is 2.36. The molecule has 0 saturated carbocycles. The van der Waals surface area contributed by atoms with Crippen LogP contribution in [0.15, 0.2) is 42.6 Å². The summed E-state index contributed by atoms with van der Waals surface area (Å²) in [6.45, 7) is 2.10. The Hall–Kier alpha value is -2.92. The minimum atomic E-state index is 0. The monoisotopic (exact) mass is 399 g/mol. The fourth-order valence-corrected chi connectivity index (χ4v) is 3.64. The van der Waals surface area contributed by atoms with E-state index in [0.29, 0.717) is 11.5 Å². The lowest BCUT2D eigenvalue weighted by atomic mass is 10.0. The molecule has 2 heterocycles. The van der Waals surface area contributed by atoms with E-state index in [9.17, 15) is 0 Å². The van der Waals surface area contributed by atoms with Gasteiger partial charge in [0.1, 0.15) is 0 Å². The van der Waals surface area contributed by atoms with Crippen molar-refractivity contribution in [3.05, 3.63) is 48.2 Å². The average molecular weight is 400 g/mol. The fraction of sp³-hybridized carbons (Fsp3) is 0.227. The van der Waals surface area contributed by atoms with Gasteiger partial charge >= 0.3 is 0 Å². The Morgan fingerprint density at radius 1 is 0.643 bits per heavy atom. The molecular weight excluding hydrogens is 378 g/mol. The van der Waals surface area contributed by atoms with Crippen LogP contribution in [0.25, 0.3) is 27.2 Å². The number of aromatic nitrogens is 1. The molecule has 2 aromatic heterocycles. The molecule has 0 atom stereocenters. The summed E-state index contributed by atoms with van der Waals surface area (Å²) >= 11 is 0. The van der Waals surface area contributed by atoms with Crippen LogP contribution in [0.2, 0.25) is 0 Å². The molecule has 146 valence electrons. The van der Waals surface area contributed by atoms with Gasteiger partial charge in [0.2, 0.25) is 11.0 Å². The molecule has 0 N–H and O–H groups in total. The summed E-state index contributed by atoms with van der Waals surface area (Å²) in [5.74, 6) is 2.86. The van der Waals surface area contributed by atoms with Crippen molar-refractivity contribution in [2.24, 2.45) is 0 Å². The number of fused-ring (bicyclic) bond motifs is 5. The van der Waals surface area contributed by atoms with Crippen LogP contribution in [-0.4, -0.2) is 28.4 Å². The van der Waals surface area contributed by atoms with Crippen molar-refractivity contribution < 1.29 is 35.8 Å². The van der Waals surface area contributed by atoms with Gasteiger partial charge in [-0.15, -0.1) is 0 Å². The molecule has 0 fully saturated rings. The second-order valence-corrected chi connectivity index (χ2v) is 6.42. The quantitative estimate of drug-likeness (QED) is 0.380. The second-order valence-electron chi connectivity index (χ2n) is 6.42. The normalized spacial score (nSPS) is 10.8. The van der Waals surface area contributed by atoms with Gasteiger partial charge in [0.05, 0.1) is 45.3 Å². The van der Waals surface area contributed by atoms with Crippen molar-refractivity contribution in [1.82, 2.24) is 0 Å². The van der Waals surface area contributed by atoms with E-state index in [1.54, 1.807) is 28.4 Å². The molecule has 28 heavy (non-hydrogen) atoms. The molecule has 0 spiro atoms. The van der Waals surface area contributed by atoms with E-state index in [1.165, 1.54) is 0 Å². The maximum absolute atomic E-state index is 5.51. The molecule has 4 rings (SSSR count). The van der Waals surface area contributed by atoms with Crippen molar-refractivity contribution in [1.29, 1.82) is 0 Å². The zero-order valence-electron chi connectivity index (χ0n) is 16.5. The highest BCUT2D eigenvalue weighted by molar-refractivity contribution is 5.98. The van der Waals surface area contributed by atoms with Gasteiger partial charge in [-0.05, 0) is 36.1 Å². The Morgan fingerprint density at radius 3 is 1.75 bits per heavy atom. The van der Waals surface area contributed by atoms with E-state index in [2.05, 4.69) is 29.7 Å². The SMILES string of the molecule is COc1cc2cc[n+]3c4cc(OC)c(OC)cc4c(C)cc3c2cc1OC.[Cl-]. The van der Waals surface area contributed by atoms with Crippen molar-refractivity contribution in [3.8, 4) is 23.0 Å². The molecule has 0 amide bonds. The zero-order valence-corrected chi connectivity index (χ0v) is 17.3. The molecule has 0 saturated heterocycles. The lowest BCUT2D eigenvalue weighted by Gasteiger charge is -2.11. The first-order valence-corrected chi connectivity index (χ1v) is 8.66. The van der Waals surface area contributed by atoms with Gasteiger partial charge in [-0.1, -0.05) is 0 Å². The van der Waals surface area contributed by atoms with E-state index in [-0.39, 0.29) is 12.4 Å². The number of hydrogen-bond donors (Lipinski definition) is 0. The fourth-order valence-electron chi connectivity index (χ4n) is 3.64. The summed E-state index contributed by atoms with van der Waals surface area (Å²) in [6.07, 6.45) is 2.07. The Balaban J connectivity index is 0.00000225. The third-order valence-electron chi connectivity index (χ3n) is 5.03. The number of nitrogens with zero attached hydrogens (tertiary/aromatic N) is 1. The van der Waals surface area contributed by atoms with Crippen LogP contribution < -0.4 is 35.8 Å². The number of hydrogen-bond acceptors (Lipinski definition) is 4. The Morgan fingerprint density at radius 2 is 1.14 bits per heavy atom. The number of ether oxygens (including phenoxy) is 4. The standard InChI is InChI=1S/C22H22NO4.ClH/c1-13-8-17-16-11-21(26-4)19(24-2)9-14(16)6-7-23(17)18-12-22(27-5)20(25-3)10-15(13)18;/h6-12H,1-5H3;1H/q+1;/p-1. The predicted octanol–water partition coefficient (Wildman–Crippen LogP) is 1.08. The number of methoxy groups -OCH3 is 4. The Labute approximate surface area is 169 Å². The van der Waals surface area contributed by atoms with Crippen LogP contribution >= 0.6 is 0 Å². The second kappa shape index (κ2) is 7.60. The van der Waals surface area contributed by atoms with Crippen LogP contribution in [0.3, 0.4) is 0 Å². The molecule has 0 aliphatic rings. The van der Waals surface area contributed by atoms with E-state index in [0.717, 1.165) is 44.3 Å². The zero-order chi connectivity index (χ0) is 19.1. The molecule has 0 bridgehead atoms. The van der Waals surface area contributed by atoms with Gasteiger partial charge in [-0.3, -0.25) is 0 Å². The van der Waals surface area contributed by atoms with Crippen LogP contribution in [0, 0.1) is 6.92 Å². The first-order chi connectivity index (χ1) is 13.1. The lowest BCUT2D eigenvalue weighted by molar-refractivity contribution is -0.480. The van der Waals surface area contributed by atoms with E-state index < -0.39 is 0 Å². The molecule has 5 nitrogen and oxygen atoms in total. The van der Waals surface area contributed by atoms with Crippen LogP contribution in [0.5, 0.6) is 23.0 Å². The lowest BCUT2D eigenvalue weighted by Crippen LogP contribution is -3.00. The maximum Gasteiger partial charge on any atom is 0.222 e. The third kappa shape index (κ3) is 2.92. The van der Waals surface area contributed by atoms with Crippen molar-refractivity contribution in [3.63, 3.8) is 0 Å². The number of pyridine rings is 2. The molecule has 0 aliphatic carbocycles. The van der Waals surface area contributed by atoms with E-state index in [4.69, 9.17) is 18.9 Å². The summed E-state index contributed by atoms with van der Waals surface area (Å²) in [4.78, 5) is 0. The molecule has 4 aromatic rings. The Bertz CT molecular complexity index is 1190. The van der Waals surface area contributed by atoms with Gasteiger partial charge in [-0.25, -0.2) is 0 Å². The van der Waals surface area contributed by atoms with Crippen LogP contribution in [0.4, 0.5) is 0 Å². The molecule has 6 heteroatoms. The van der Waals surface area contributed by atoms with Crippen molar-refractivity contribution in [2.45, 2.75) is 6.92 Å². The predicted molar refractivity (Wildman–Crippen MR) is 106 cm³/mol. The van der Waals surface area contributed by atoms with Gasteiger partial charge in [0.15, 0.2) is 29.2 Å². The minimum Gasteiger partial charge on any atom is -1.00 e. The molecule has 0 unspecified atom stereocenters. The molecule has 0 aliphatic heterocycles. The highest BCUT2D eigenvalue weighted by Gasteiger charge is 2.19. The Kier molecular flexibility index (Phi) is 5.38. The number of halogens is 1. The van der Waals surface area contributed by atoms with Gasteiger partial charge < -0.3 is 31.4 Å². The first kappa shape index (κ1) is 19.8. The third-order valence-corrected chi connectivity index (χ3v) is 5.03. The molecule has 2 aromatic carbocycles. The largest absolute Gasteiger partial charge is 1.00 e. The first-order valence-electron chi connectivity index (χ1n) is 8.66. The summed E-state index contributed by atoms with van der Waals surface area (Å²) in [6, 6.07) is 12.3. The number of aryl methyl sites for hydroxylation is 1. The van der Waals surface area contributed by atoms with Crippen LogP contribution in [-0.2, 0) is 0 Å². The van der Waals surface area contributed by atoms with Gasteiger partial charge in [0.25, 0.3) is 0 Å². The van der Waals surface area contributed by atoms with Gasteiger partial charge in [-0.2, -0.15) is 4.40 Å². The summed E-state index contributed by atoms with van der Waals surface area (Å²) in [5, 5.41) is 3.30. The van der Waals surface area contributed by atoms with Crippen molar-refractivity contribution in [2.75, 3.05) is 28.4 Å². The number of benzene rings is 2. The summed E-state index contributed by atoms with van der Waals surface area (Å²) in [7, 11) is 6.61. The van der Waals surface area contributed by atoms with Gasteiger partial charge in [0, 0.05) is 12.1 Å². The highest BCUT2D eigenvalue weighted by atomic mass is 35.5. The van der Waals surface area contributed by atoms with E-state index >= 15 is 0 Å². The number of rotatable bonds is 4. The maximum atomic E-state index is 5.51. The van der Waals surface area contributed by atoms with Crippen LogP contribution in [0.1, 0.15) is 5.56 Å². The summed E-state index contributed by atoms with van der Waals surface area (Å²) < 4.78 is 24.1. The minimum absolute atomic E-state index is 0. The average Bonchev–Trinajstić information content (AvgIpc) is 2.71. The molecule has 0 radical (unpaired) electrons. The van der Waals surface area contributed by atoms with E-state index in [1.807, 2.05) is 24.3 Å². The topological polar surface area (TPSA) is 41.0 Å². The summed E-state index contributed by atoms with van der Waals surface area (Å²) in [5.41, 5.74) is 3.30. The van der Waals surface area contributed by atoms with Crippen molar-refractivity contribution >= 4 is 27.2 Å². The molecular formula is C22H22ClNO4.